The van der Waals surface area contributed by atoms with Crippen LogP contribution >= 0.6 is 0 Å². The highest BCUT2D eigenvalue weighted by molar-refractivity contribution is 5.70. The molecule has 27 heavy (non-hydrogen) atoms. The molecule has 0 radical (unpaired) electrons. The zero-order chi connectivity index (χ0) is 19.9. The van der Waals surface area contributed by atoms with Crippen molar-refractivity contribution in [2.45, 2.75) is 45.1 Å². The van der Waals surface area contributed by atoms with Crippen molar-refractivity contribution >= 4 is 12.2 Å². The molecule has 1 aromatic carbocycles. The van der Waals surface area contributed by atoms with Crippen molar-refractivity contribution < 1.29 is 28.5 Å². The molecule has 2 rings (SSSR count). The Morgan fingerprint density at radius 1 is 1.19 bits per heavy atom. The molecule has 8 nitrogen and oxygen atoms in total. The summed E-state index contributed by atoms with van der Waals surface area (Å²) in [5, 5.41) is 2.76. The Morgan fingerprint density at radius 2 is 1.89 bits per heavy atom. The summed E-state index contributed by atoms with van der Waals surface area (Å²) in [7, 11) is 1.51. The number of hydrogen-bond donors (Lipinski definition) is 1. The molecule has 2 unspecified atom stereocenters. The predicted octanol–water partition coefficient (Wildman–Crippen LogP) is 2.52. The molecule has 1 aliphatic rings. The first-order valence-electron chi connectivity index (χ1n) is 8.84. The van der Waals surface area contributed by atoms with Crippen LogP contribution in [0.3, 0.4) is 0 Å². The summed E-state index contributed by atoms with van der Waals surface area (Å²) in [5.41, 5.74) is 0.292. The SMILES string of the molecule is COCOC1CN(C(=O)OCc2ccccc2)CC1NC(=O)OC(C)(C)C. The minimum atomic E-state index is -0.611. The van der Waals surface area contributed by atoms with Gasteiger partial charge in [0.15, 0.2) is 0 Å². The van der Waals surface area contributed by atoms with E-state index in [-0.39, 0.29) is 26.5 Å². The second kappa shape index (κ2) is 9.57. The molecular weight excluding hydrogens is 352 g/mol. The maximum Gasteiger partial charge on any atom is 0.410 e. The van der Waals surface area contributed by atoms with Crippen LogP contribution in [-0.2, 0) is 25.6 Å². The van der Waals surface area contributed by atoms with Gasteiger partial charge in [-0.25, -0.2) is 9.59 Å². The van der Waals surface area contributed by atoms with Crippen molar-refractivity contribution in [3.63, 3.8) is 0 Å². The lowest BCUT2D eigenvalue weighted by atomic mass is 10.2. The van der Waals surface area contributed by atoms with E-state index < -0.39 is 29.9 Å². The maximum absolute atomic E-state index is 12.4. The van der Waals surface area contributed by atoms with Crippen molar-refractivity contribution in [3.05, 3.63) is 35.9 Å². The van der Waals surface area contributed by atoms with Crippen LogP contribution in [0.25, 0.3) is 0 Å². The lowest BCUT2D eigenvalue weighted by Gasteiger charge is -2.23. The number of ether oxygens (including phenoxy) is 4. The normalized spacial score (nSPS) is 19.6. The highest BCUT2D eigenvalue weighted by Crippen LogP contribution is 2.17. The Morgan fingerprint density at radius 3 is 2.52 bits per heavy atom. The third kappa shape index (κ3) is 7.07. The number of carbonyl (C=O) groups is 2. The molecule has 1 heterocycles. The number of amides is 2. The molecule has 0 saturated carbocycles. The van der Waals surface area contributed by atoms with E-state index in [0.29, 0.717) is 0 Å². The molecule has 0 spiro atoms. The van der Waals surface area contributed by atoms with Gasteiger partial charge in [-0.05, 0) is 26.3 Å². The number of nitrogens with one attached hydrogen (secondary N) is 1. The molecule has 1 aromatic rings. The second-order valence-corrected chi connectivity index (χ2v) is 7.31. The van der Waals surface area contributed by atoms with Crippen molar-refractivity contribution in [1.82, 2.24) is 10.2 Å². The van der Waals surface area contributed by atoms with Crippen LogP contribution < -0.4 is 5.32 Å². The summed E-state index contributed by atoms with van der Waals surface area (Å²) in [4.78, 5) is 25.9. The van der Waals surface area contributed by atoms with Crippen molar-refractivity contribution in [1.29, 1.82) is 0 Å². The fraction of sp³-hybridized carbons (Fsp3) is 0.579. The third-order valence-corrected chi connectivity index (χ3v) is 3.83. The number of likely N-dealkylation sites (tertiary alicyclic amines) is 1. The zero-order valence-corrected chi connectivity index (χ0v) is 16.3. The molecule has 1 N–H and O–H groups in total. The van der Waals surface area contributed by atoms with Gasteiger partial charge in [0.25, 0.3) is 0 Å². The number of methoxy groups -OCH3 is 1. The third-order valence-electron chi connectivity index (χ3n) is 3.83. The number of nitrogens with zero attached hydrogens (tertiary/aromatic N) is 1. The molecule has 8 heteroatoms. The van der Waals surface area contributed by atoms with E-state index in [2.05, 4.69) is 5.32 Å². The lowest BCUT2D eigenvalue weighted by Crippen LogP contribution is -2.46. The Bertz CT molecular complexity index is 616. The average Bonchev–Trinajstić information content (AvgIpc) is 2.99. The minimum absolute atomic E-state index is 0.0596. The Kier molecular flexibility index (Phi) is 7.44. The second-order valence-electron chi connectivity index (χ2n) is 7.31. The number of rotatable bonds is 6. The lowest BCUT2D eigenvalue weighted by molar-refractivity contribution is -0.0740. The summed E-state index contributed by atoms with van der Waals surface area (Å²) >= 11 is 0. The highest BCUT2D eigenvalue weighted by Gasteiger charge is 2.38. The standard InChI is InChI=1S/C19H28N2O6/c1-19(2,3)27-17(22)20-15-10-21(11-16(15)26-13-24-4)18(23)25-12-14-8-6-5-7-9-14/h5-9,15-16H,10-13H2,1-4H3,(H,20,22). The van der Waals surface area contributed by atoms with Gasteiger partial charge < -0.3 is 29.2 Å². The predicted molar refractivity (Wildman–Crippen MR) is 98.1 cm³/mol. The molecule has 0 aliphatic carbocycles. The quantitative estimate of drug-likeness (QED) is 0.763. The summed E-state index contributed by atoms with van der Waals surface area (Å²) in [6.07, 6.45) is -1.43. The molecule has 1 fully saturated rings. The topological polar surface area (TPSA) is 86.3 Å². The number of benzene rings is 1. The van der Waals surface area contributed by atoms with Crippen molar-refractivity contribution in [2.75, 3.05) is 27.0 Å². The van der Waals surface area contributed by atoms with Crippen LogP contribution in [0.15, 0.2) is 30.3 Å². The maximum atomic E-state index is 12.4. The van der Waals surface area contributed by atoms with E-state index >= 15 is 0 Å². The van der Waals surface area contributed by atoms with Gasteiger partial charge >= 0.3 is 12.2 Å². The van der Waals surface area contributed by atoms with Gasteiger partial charge in [0.05, 0.1) is 12.6 Å². The van der Waals surface area contributed by atoms with E-state index in [9.17, 15) is 9.59 Å². The van der Waals surface area contributed by atoms with Gasteiger partial charge in [-0.1, -0.05) is 30.3 Å². The Labute approximate surface area is 159 Å². The van der Waals surface area contributed by atoms with Crippen LogP contribution in [0.5, 0.6) is 0 Å². The van der Waals surface area contributed by atoms with Crippen LogP contribution in [0.1, 0.15) is 26.3 Å². The molecule has 2 atom stereocenters. The molecule has 150 valence electrons. The number of alkyl carbamates (subject to hydrolysis) is 1. The van der Waals surface area contributed by atoms with E-state index in [1.54, 1.807) is 20.8 Å². The van der Waals surface area contributed by atoms with Gasteiger partial charge in [0.1, 0.15) is 25.1 Å². The summed E-state index contributed by atoms with van der Waals surface area (Å²) in [5.74, 6) is 0. The van der Waals surface area contributed by atoms with E-state index in [0.717, 1.165) is 5.56 Å². The minimum Gasteiger partial charge on any atom is -0.445 e. The smallest absolute Gasteiger partial charge is 0.410 e. The monoisotopic (exact) mass is 380 g/mol. The largest absolute Gasteiger partial charge is 0.445 e. The fourth-order valence-corrected chi connectivity index (χ4v) is 2.66. The summed E-state index contributed by atoms with van der Waals surface area (Å²) < 4.78 is 21.2. The van der Waals surface area contributed by atoms with Gasteiger partial charge in [0.2, 0.25) is 0 Å². The molecule has 1 aliphatic heterocycles. The highest BCUT2D eigenvalue weighted by atomic mass is 16.7. The molecular formula is C19H28N2O6. The first-order chi connectivity index (χ1) is 12.8. The molecule has 0 aromatic heterocycles. The number of hydrogen-bond acceptors (Lipinski definition) is 6. The van der Waals surface area contributed by atoms with Gasteiger partial charge in [-0.2, -0.15) is 0 Å². The summed E-state index contributed by atoms with van der Waals surface area (Å²) in [6, 6.07) is 9.02. The first kappa shape index (κ1) is 21.0. The van der Waals surface area contributed by atoms with Gasteiger partial charge in [0, 0.05) is 13.7 Å². The van der Waals surface area contributed by atoms with Crippen LogP contribution in [-0.4, -0.2) is 61.8 Å². The van der Waals surface area contributed by atoms with Crippen molar-refractivity contribution in [2.24, 2.45) is 0 Å². The van der Waals surface area contributed by atoms with Crippen LogP contribution in [0.4, 0.5) is 9.59 Å². The van der Waals surface area contributed by atoms with E-state index in [4.69, 9.17) is 18.9 Å². The Balaban J connectivity index is 1.92. The fourth-order valence-electron chi connectivity index (χ4n) is 2.66. The Hall–Kier alpha value is -2.32. The average molecular weight is 380 g/mol. The van der Waals surface area contributed by atoms with Crippen LogP contribution in [0.2, 0.25) is 0 Å². The van der Waals surface area contributed by atoms with Crippen LogP contribution in [0, 0.1) is 0 Å². The summed E-state index contributed by atoms with van der Waals surface area (Å²) in [6.45, 7) is 6.15. The number of carbonyl (C=O) groups excluding carboxylic acids is 2. The van der Waals surface area contributed by atoms with E-state index in [1.165, 1.54) is 12.0 Å². The first-order valence-corrected chi connectivity index (χ1v) is 8.84. The van der Waals surface area contributed by atoms with E-state index in [1.807, 2.05) is 30.3 Å². The molecule has 0 bridgehead atoms. The van der Waals surface area contributed by atoms with Gasteiger partial charge in [-0.15, -0.1) is 0 Å². The van der Waals surface area contributed by atoms with Crippen molar-refractivity contribution in [3.8, 4) is 0 Å². The molecule has 1 saturated heterocycles. The van der Waals surface area contributed by atoms with Gasteiger partial charge in [-0.3, -0.25) is 0 Å². The molecule has 2 amide bonds. The zero-order valence-electron chi connectivity index (χ0n) is 16.3.